The first-order chi connectivity index (χ1) is 16.2. The molecule has 212 valence electrons. The van der Waals surface area contributed by atoms with Crippen LogP contribution in [0.25, 0.3) is 0 Å². The SMILES string of the molecule is CC(C)(C)OC(=O)N[C@@H]1CNC[C@@H](C(F)(F)F)C1.CC(C)(C)OC(=O)N[C@H]1CNC[C@H](C(F)(F)F)C1. The van der Waals surface area contributed by atoms with Crippen molar-refractivity contribution >= 4 is 12.2 Å². The maximum Gasteiger partial charge on any atom is 0.407 e. The van der Waals surface area contributed by atoms with E-state index in [0.717, 1.165) is 0 Å². The molecule has 0 aromatic carbocycles. The summed E-state index contributed by atoms with van der Waals surface area (Å²) in [6.45, 7) is 10.6. The fourth-order valence-electron chi connectivity index (χ4n) is 3.55. The van der Waals surface area contributed by atoms with Crippen molar-refractivity contribution < 1.29 is 45.4 Å². The van der Waals surface area contributed by atoms with Crippen molar-refractivity contribution in [1.82, 2.24) is 21.3 Å². The molecule has 2 heterocycles. The molecule has 2 rings (SSSR count). The molecular weight excluding hydrogens is 498 g/mol. The van der Waals surface area contributed by atoms with Crippen molar-refractivity contribution in [3.8, 4) is 0 Å². The smallest absolute Gasteiger partial charge is 0.407 e. The molecule has 0 radical (unpaired) electrons. The summed E-state index contributed by atoms with van der Waals surface area (Å²) in [7, 11) is 0. The van der Waals surface area contributed by atoms with Gasteiger partial charge in [0.15, 0.2) is 0 Å². The zero-order valence-corrected chi connectivity index (χ0v) is 21.5. The van der Waals surface area contributed by atoms with Gasteiger partial charge in [0.25, 0.3) is 0 Å². The molecule has 2 saturated heterocycles. The predicted molar refractivity (Wildman–Crippen MR) is 120 cm³/mol. The molecule has 2 fully saturated rings. The lowest BCUT2D eigenvalue weighted by Gasteiger charge is -2.32. The van der Waals surface area contributed by atoms with Gasteiger partial charge in [-0.05, 0) is 54.4 Å². The van der Waals surface area contributed by atoms with E-state index in [-0.39, 0.29) is 25.9 Å². The molecule has 2 aliphatic heterocycles. The number of nitrogens with one attached hydrogen (secondary N) is 4. The molecular formula is C22H38F6N4O4. The monoisotopic (exact) mass is 536 g/mol. The Hall–Kier alpha value is -1.96. The van der Waals surface area contributed by atoms with E-state index in [1.54, 1.807) is 41.5 Å². The second kappa shape index (κ2) is 12.5. The van der Waals surface area contributed by atoms with Crippen molar-refractivity contribution in [1.29, 1.82) is 0 Å². The van der Waals surface area contributed by atoms with E-state index in [1.165, 1.54) is 0 Å². The van der Waals surface area contributed by atoms with E-state index < -0.39 is 59.7 Å². The maximum absolute atomic E-state index is 12.5. The normalized spacial score (nSPS) is 25.7. The Morgan fingerprint density at radius 1 is 0.639 bits per heavy atom. The van der Waals surface area contributed by atoms with Crippen LogP contribution in [-0.4, -0.2) is 74.0 Å². The van der Waals surface area contributed by atoms with Crippen LogP contribution in [0.2, 0.25) is 0 Å². The Bertz CT molecular complexity index is 659. The lowest BCUT2D eigenvalue weighted by Crippen LogP contribution is -2.52. The second-order valence-electron chi connectivity index (χ2n) is 11.0. The summed E-state index contributed by atoms with van der Waals surface area (Å²) < 4.78 is 85.2. The van der Waals surface area contributed by atoms with Crippen molar-refractivity contribution in [3.63, 3.8) is 0 Å². The number of carbonyl (C=O) groups is 2. The molecule has 14 heteroatoms. The van der Waals surface area contributed by atoms with Crippen LogP contribution < -0.4 is 21.3 Å². The van der Waals surface area contributed by atoms with E-state index in [0.29, 0.717) is 13.1 Å². The third-order valence-electron chi connectivity index (χ3n) is 5.07. The summed E-state index contributed by atoms with van der Waals surface area (Å²) in [5, 5.41) is 10.2. The highest BCUT2D eigenvalue weighted by Crippen LogP contribution is 2.31. The zero-order chi connectivity index (χ0) is 27.9. The number of halogens is 6. The van der Waals surface area contributed by atoms with Crippen LogP contribution in [0.3, 0.4) is 0 Å². The number of ether oxygens (including phenoxy) is 2. The molecule has 0 saturated carbocycles. The number of alkyl carbamates (subject to hydrolysis) is 2. The Morgan fingerprint density at radius 3 is 1.19 bits per heavy atom. The molecule has 0 unspecified atom stereocenters. The Kier molecular flexibility index (Phi) is 11.2. The van der Waals surface area contributed by atoms with Gasteiger partial charge in [-0.3, -0.25) is 0 Å². The Balaban J connectivity index is 0.000000360. The molecule has 2 aliphatic rings. The average molecular weight is 537 g/mol. The van der Waals surface area contributed by atoms with Gasteiger partial charge in [-0.15, -0.1) is 0 Å². The van der Waals surface area contributed by atoms with Crippen LogP contribution in [0.1, 0.15) is 54.4 Å². The lowest BCUT2D eigenvalue weighted by molar-refractivity contribution is -0.180. The van der Waals surface area contributed by atoms with Gasteiger partial charge in [0.1, 0.15) is 11.2 Å². The van der Waals surface area contributed by atoms with Crippen molar-refractivity contribution in [2.75, 3.05) is 26.2 Å². The molecule has 8 nitrogen and oxygen atoms in total. The number of hydrogen-bond donors (Lipinski definition) is 4. The highest BCUT2D eigenvalue weighted by atomic mass is 19.4. The first-order valence-corrected chi connectivity index (χ1v) is 11.7. The second-order valence-corrected chi connectivity index (χ2v) is 11.0. The third kappa shape index (κ3) is 13.4. The number of amides is 2. The van der Waals surface area contributed by atoms with Gasteiger partial charge in [0.2, 0.25) is 0 Å². The van der Waals surface area contributed by atoms with E-state index >= 15 is 0 Å². The third-order valence-corrected chi connectivity index (χ3v) is 5.07. The van der Waals surface area contributed by atoms with Gasteiger partial charge in [-0.2, -0.15) is 26.3 Å². The lowest BCUT2D eigenvalue weighted by atomic mass is 9.95. The minimum absolute atomic E-state index is 0.101. The predicted octanol–water partition coefficient (Wildman–Crippen LogP) is 4.10. The maximum atomic E-state index is 12.5. The molecule has 0 spiro atoms. The summed E-state index contributed by atoms with van der Waals surface area (Å²) in [5.74, 6) is -2.85. The van der Waals surface area contributed by atoms with E-state index in [1.807, 2.05) is 0 Å². The number of rotatable bonds is 2. The van der Waals surface area contributed by atoms with E-state index in [9.17, 15) is 35.9 Å². The van der Waals surface area contributed by atoms with Gasteiger partial charge in [0.05, 0.1) is 11.8 Å². The zero-order valence-electron chi connectivity index (χ0n) is 21.5. The van der Waals surface area contributed by atoms with E-state index in [4.69, 9.17) is 9.47 Å². The molecule has 2 amide bonds. The summed E-state index contributed by atoms with van der Waals surface area (Å²) in [5.41, 5.74) is -1.31. The summed E-state index contributed by atoms with van der Waals surface area (Å²) in [6.07, 6.45) is -10.1. The highest BCUT2D eigenvalue weighted by Gasteiger charge is 2.43. The minimum Gasteiger partial charge on any atom is -0.444 e. The molecule has 4 atom stereocenters. The Labute approximate surface area is 207 Å². The van der Waals surface area contributed by atoms with Crippen LogP contribution in [0.4, 0.5) is 35.9 Å². The molecule has 0 aromatic heterocycles. The van der Waals surface area contributed by atoms with Gasteiger partial charge in [-0.25, -0.2) is 9.59 Å². The topological polar surface area (TPSA) is 101 Å². The number of hydrogen-bond acceptors (Lipinski definition) is 6. The highest BCUT2D eigenvalue weighted by molar-refractivity contribution is 5.68. The fourth-order valence-corrected chi connectivity index (χ4v) is 3.55. The standard InChI is InChI=1S/2C11H19F3N2O2/c2*1-10(2,3)18-9(17)16-8-4-7(5-15-6-8)11(12,13)14/h2*7-8,15H,4-6H2,1-3H3,(H,16,17)/t2*7-,8-/m10/s1. The molecule has 0 bridgehead atoms. The molecule has 0 aliphatic carbocycles. The van der Waals surface area contributed by atoms with E-state index in [2.05, 4.69) is 21.3 Å². The molecule has 0 aromatic rings. The summed E-state index contributed by atoms with van der Waals surface area (Å²) in [4.78, 5) is 22.9. The van der Waals surface area contributed by atoms with Crippen LogP contribution in [-0.2, 0) is 9.47 Å². The minimum atomic E-state index is -4.23. The fraction of sp³-hybridized carbons (Fsp3) is 0.909. The van der Waals surface area contributed by atoms with Gasteiger partial charge >= 0.3 is 24.5 Å². The quantitative estimate of drug-likeness (QED) is 0.397. The van der Waals surface area contributed by atoms with Crippen LogP contribution in [0.15, 0.2) is 0 Å². The first-order valence-electron chi connectivity index (χ1n) is 11.7. The molecule has 4 N–H and O–H groups in total. The number of carbonyl (C=O) groups excluding carboxylic acids is 2. The largest absolute Gasteiger partial charge is 0.444 e. The van der Waals surface area contributed by atoms with Gasteiger partial charge < -0.3 is 30.7 Å². The number of alkyl halides is 6. The van der Waals surface area contributed by atoms with Crippen molar-refractivity contribution in [2.45, 2.75) is 90.0 Å². The summed E-state index contributed by atoms with van der Waals surface area (Å²) >= 11 is 0. The number of piperidine rings is 2. The first kappa shape index (κ1) is 32.1. The Morgan fingerprint density at radius 2 is 0.944 bits per heavy atom. The van der Waals surface area contributed by atoms with Crippen LogP contribution in [0, 0.1) is 11.8 Å². The van der Waals surface area contributed by atoms with Gasteiger partial charge in [0, 0.05) is 38.3 Å². The van der Waals surface area contributed by atoms with Gasteiger partial charge in [-0.1, -0.05) is 0 Å². The average Bonchev–Trinajstić information content (AvgIpc) is 2.64. The molecule has 36 heavy (non-hydrogen) atoms. The van der Waals surface area contributed by atoms with Crippen LogP contribution >= 0.6 is 0 Å². The van der Waals surface area contributed by atoms with Crippen molar-refractivity contribution in [3.05, 3.63) is 0 Å². The van der Waals surface area contributed by atoms with Crippen LogP contribution in [0.5, 0.6) is 0 Å². The van der Waals surface area contributed by atoms with Crippen molar-refractivity contribution in [2.24, 2.45) is 11.8 Å². The summed E-state index contributed by atoms with van der Waals surface area (Å²) in [6, 6.07) is -1.11.